The first-order chi connectivity index (χ1) is 16.3. The van der Waals surface area contributed by atoms with Crippen molar-refractivity contribution in [2.24, 2.45) is 0 Å². The van der Waals surface area contributed by atoms with Gasteiger partial charge in [-0.1, -0.05) is 72.9 Å². The van der Waals surface area contributed by atoms with Crippen LogP contribution in [0.25, 0.3) is 22.4 Å². The Bertz CT molecular complexity index is 1300. The molecule has 0 bridgehead atoms. The standard InChI is InChI=1S/C26H25Cl3N4O/c1-16(2)30-11-12-31-26(34)19-7-5-18(6-8-19)25-32-23-13-21(28)22(29)14-24(23)33(25)15-17-3-9-20(27)10-4-17/h3-10,13-14,16,30H,11-12,15H2,1-2H3,(H,31,34). The monoisotopic (exact) mass is 514 g/mol. The maximum Gasteiger partial charge on any atom is 0.251 e. The molecule has 0 unspecified atom stereocenters. The lowest BCUT2D eigenvalue weighted by molar-refractivity contribution is 0.0953. The van der Waals surface area contributed by atoms with Gasteiger partial charge in [0.25, 0.3) is 5.91 Å². The van der Waals surface area contributed by atoms with Crippen molar-refractivity contribution in [3.8, 4) is 11.4 Å². The molecule has 0 aliphatic rings. The number of amides is 1. The number of halogens is 3. The highest BCUT2D eigenvalue weighted by Gasteiger charge is 2.16. The van der Waals surface area contributed by atoms with Crippen LogP contribution >= 0.6 is 34.8 Å². The average Bonchev–Trinajstić information content (AvgIpc) is 3.15. The molecule has 0 saturated carbocycles. The number of nitrogens with one attached hydrogen (secondary N) is 2. The highest BCUT2D eigenvalue weighted by Crippen LogP contribution is 2.32. The molecule has 34 heavy (non-hydrogen) atoms. The number of fused-ring (bicyclic) bond motifs is 1. The largest absolute Gasteiger partial charge is 0.351 e. The van der Waals surface area contributed by atoms with Gasteiger partial charge in [-0.25, -0.2) is 4.98 Å². The lowest BCUT2D eigenvalue weighted by Crippen LogP contribution is -2.34. The van der Waals surface area contributed by atoms with Gasteiger partial charge in [0, 0.05) is 41.8 Å². The second kappa shape index (κ2) is 10.8. The summed E-state index contributed by atoms with van der Waals surface area (Å²) in [5.74, 6) is 0.654. The molecule has 1 amide bonds. The van der Waals surface area contributed by atoms with E-state index in [1.54, 1.807) is 6.07 Å². The van der Waals surface area contributed by atoms with Gasteiger partial charge in [-0.2, -0.15) is 0 Å². The van der Waals surface area contributed by atoms with Crippen LogP contribution < -0.4 is 10.6 Å². The Morgan fingerprint density at radius 1 is 0.941 bits per heavy atom. The van der Waals surface area contributed by atoms with Gasteiger partial charge < -0.3 is 15.2 Å². The molecule has 0 aliphatic heterocycles. The fourth-order valence-electron chi connectivity index (χ4n) is 3.68. The fraction of sp³-hybridized carbons (Fsp3) is 0.231. The summed E-state index contributed by atoms with van der Waals surface area (Å²) in [5.41, 5.74) is 4.17. The van der Waals surface area contributed by atoms with Crippen molar-refractivity contribution in [1.82, 2.24) is 20.2 Å². The number of imidazole rings is 1. The fourth-order valence-corrected chi connectivity index (χ4v) is 4.12. The van der Waals surface area contributed by atoms with Gasteiger partial charge in [-0.15, -0.1) is 0 Å². The third kappa shape index (κ3) is 5.73. The van der Waals surface area contributed by atoms with Crippen LogP contribution in [0.2, 0.25) is 15.1 Å². The predicted molar refractivity (Wildman–Crippen MR) is 141 cm³/mol. The first-order valence-electron chi connectivity index (χ1n) is 11.0. The van der Waals surface area contributed by atoms with Crippen molar-refractivity contribution in [2.75, 3.05) is 13.1 Å². The Hall–Kier alpha value is -2.57. The van der Waals surface area contributed by atoms with Crippen LogP contribution in [0.5, 0.6) is 0 Å². The Kier molecular flexibility index (Phi) is 7.79. The average molecular weight is 516 g/mol. The first-order valence-corrected chi connectivity index (χ1v) is 12.2. The van der Waals surface area contributed by atoms with Crippen molar-refractivity contribution < 1.29 is 4.79 Å². The molecular weight excluding hydrogens is 491 g/mol. The Labute approximate surface area is 214 Å². The van der Waals surface area contributed by atoms with E-state index in [1.807, 2.05) is 54.6 Å². The van der Waals surface area contributed by atoms with Gasteiger partial charge in [0.15, 0.2) is 0 Å². The van der Waals surface area contributed by atoms with Crippen LogP contribution in [0.15, 0.2) is 60.7 Å². The molecule has 4 aromatic rings. The van der Waals surface area contributed by atoms with Gasteiger partial charge in [-0.05, 0) is 42.0 Å². The van der Waals surface area contributed by atoms with Gasteiger partial charge in [0.1, 0.15) is 5.82 Å². The molecule has 176 valence electrons. The number of nitrogens with zero attached hydrogens (tertiary/aromatic N) is 2. The summed E-state index contributed by atoms with van der Waals surface area (Å²) >= 11 is 18.6. The third-order valence-corrected chi connectivity index (χ3v) is 6.39. The molecule has 0 saturated heterocycles. The summed E-state index contributed by atoms with van der Waals surface area (Å²) in [4.78, 5) is 17.3. The molecule has 4 rings (SSSR count). The summed E-state index contributed by atoms with van der Waals surface area (Å²) < 4.78 is 2.09. The molecule has 1 heterocycles. The molecule has 0 atom stereocenters. The van der Waals surface area contributed by atoms with Crippen molar-refractivity contribution in [1.29, 1.82) is 0 Å². The maximum atomic E-state index is 12.5. The van der Waals surface area contributed by atoms with Crippen LogP contribution in [0.3, 0.4) is 0 Å². The minimum absolute atomic E-state index is 0.106. The molecule has 0 spiro atoms. The van der Waals surface area contributed by atoms with Crippen molar-refractivity contribution in [3.63, 3.8) is 0 Å². The van der Waals surface area contributed by atoms with Crippen LogP contribution in [0.1, 0.15) is 29.8 Å². The minimum Gasteiger partial charge on any atom is -0.351 e. The van der Waals surface area contributed by atoms with E-state index in [-0.39, 0.29) is 5.91 Å². The van der Waals surface area contributed by atoms with Crippen molar-refractivity contribution in [2.45, 2.75) is 26.4 Å². The van der Waals surface area contributed by atoms with E-state index in [2.05, 4.69) is 29.0 Å². The molecule has 1 aromatic heterocycles. The molecule has 0 fully saturated rings. The first kappa shape index (κ1) is 24.6. The number of rotatable bonds is 8. The third-order valence-electron chi connectivity index (χ3n) is 5.41. The van der Waals surface area contributed by atoms with Gasteiger partial charge in [-0.3, -0.25) is 4.79 Å². The van der Waals surface area contributed by atoms with Crippen LogP contribution in [0, 0.1) is 0 Å². The maximum absolute atomic E-state index is 12.5. The molecule has 2 N–H and O–H groups in total. The molecule has 3 aromatic carbocycles. The zero-order chi connectivity index (χ0) is 24.2. The molecule has 0 aliphatic carbocycles. The number of carbonyl (C=O) groups excluding carboxylic acids is 1. The number of hydrogen-bond acceptors (Lipinski definition) is 3. The number of carbonyl (C=O) groups is 1. The second-order valence-electron chi connectivity index (χ2n) is 8.35. The summed E-state index contributed by atoms with van der Waals surface area (Å²) in [6.07, 6.45) is 0. The van der Waals surface area contributed by atoms with Gasteiger partial charge in [0.05, 0.1) is 21.1 Å². The topological polar surface area (TPSA) is 58.9 Å². The molecular formula is C26H25Cl3N4O. The number of hydrogen-bond donors (Lipinski definition) is 2. The summed E-state index contributed by atoms with van der Waals surface area (Å²) in [7, 11) is 0. The lowest BCUT2D eigenvalue weighted by Gasteiger charge is -2.11. The highest BCUT2D eigenvalue weighted by molar-refractivity contribution is 6.42. The lowest BCUT2D eigenvalue weighted by atomic mass is 10.1. The summed E-state index contributed by atoms with van der Waals surface area (Å²) in [6, 6.07) is 19.1. The van der Waals surface area contributed by atoms with E-state index in [0.29, 0.717) is 39.8 Å². The van der Waals surface area contributed by atoms with E-state index >= 15 is 0 Å². The highest BCUT2D eigenvalue weighted by atomic mass is 35.5. The quantitative estimate of drug-likeness (QED) is 0.266. The Balaban J connectivity index is 1.64. The van der Waals surface area contributed by atoms with E-state index in [9.17, 15) is 4.79 Å². The van der Waals surface area contributed by atoms with E-state index in [1.165, 1.54) is 0 Å². The SMILES string of the molecule is CC(C)NCCNC(=O)c1ccc(-c2nc3cc(Cl)c(Cl)cc3n2Cc2ccc(Cl)cc2)cc1. The normalized spacial score (nSPS) is 11.4. The van der Waals surface area contributed by atoms with Crippen molar-refractivity contribution in [3.05, 3.63) is 86.9 Å². The summed E-state index contributed by atoms with van der Waals surface area (Å²) in [5, 5.41) is 7.82. The van der Waals surface area contributed by atoms with Crippen LogP contribution in [0.4, 0.5) is 0 Å². The predicted octanol–water partition coefficient (Wildman–Crippen LogP) is 6.44. The Morgan fingerprint density at radius 2 is 1.62 bits per heavy atom. The van der Waals surface area contributed by atoms with Crippen LogP contribution in [-0.4, -0.2) is 34.6 Å². The smallest absolute Gasteiger partial charge is 0.251 e. The van der Waals surface area contributed by atoms with Gasteiger partial charge >= 0.3 is 0 Å². The molecule has 0 radical (unpaired) electrons. The van der Waals surface area contributed by atoms with Crippen molar-refractivity contribution >= 4 is 51.7 Å². The minimum atomic E-state index is -0.106. The number of aromatic nitrogens is 2. The zero-order valence-corrected chi connectivity index (χ0v) is 21.2. The van der Waals surface area contributed by atoms with E-state index < -0.39 is 0 Å². The second-order valence-corrected chi connectivity index (χ2v) is 9.60. The zero-order valence-electron chi connectivity index (χ0n) is 18.9. The Morgan fingerprint density at radius 3 is 2.29 bits per heavy atom. The van der Waals surface area contributed by atoms with E-state index in [0.717, 1.165) is 34.5 Å². The van der Waals surface area contributed by atoms with Crippen LogP contribution in [-0.2, 0) is 6.54 Å². The summed E-state index contributed by atoms with van der Waals surface area (Å²) in [6.45, 7) is 6.01. The molecule has 5 nitrogen and oxygen atoms in total. The van der Waals surface area contributed by atoms with Gasteiger partial charge in [0.2, 0.25) is 0 Å². The van der Waals surface area contributed by atoms with E-state index in [4.69, 9.17) is 39.8 Å². The molecule has 8 heteroatoms. The number of benzene rings is 3.